The Hall–Kier alpha value is -2.17. The number of hydrogen-bond donors (Lipinski definition) is 1. The van der Waals surface area contributed by atoms with E-state index in [9.17, 15) is 9.90 Å². The Kier molecular flexibility index (Phi) is 3.73. The molecule has 1 aromatic carbocycles. The number of benzene rings is 1. The number of carbonyl (C=O) groups is 1. The minimum Gasteiger partial charge on any atom is -0.481 e. The molecule has 5 nitrogen and oxygen atoms in total. The summed E-state index contributed by atoms with van der Waals surface area (Å²) in [5.41, 5.74) is 2.33. The van der Waals surface area contributed by atoms with Crippen LogP contribution in [0.15, 0.2) is 28.8 Å². The van der Waals surface area contributed by atoms with Gasteiger partial charge >= 0.3 is 5.97 Å². The van der Waals surface area contributed by atoms with Gasteiger partial charge in [0.1, 0.15) is 0 Å². The number of nitrogens with zero attached hydrogens (tertiary/aromatic N) is 2. The van der Waals surface area contributed by atoms with Crippen molar-refractivity contribution < 1.29 is 14.4 Å². The number of aliphatic carboxylic acids is 1. The Balaban J connectivity index is 1.74. The molecule has 2 unspecified atom stereocenters. The van der Waals surface area contributed by atoms with Gasteiger partial charge in [-0.25, -0.2) is 0 Å². The quantitative estimate of drug-likeness (QED) is 0.935. The highest BCUT2D eigenvalue weighted by atomic mass is 16.5. The minimum absolute atomic E-state index is 0.137. The van der Waals surface area contributed by atoms with Gasteiger partial charge in [0, 0.05) is 6.42 Å². The Bertz CT molecular complexity index is 633. The molecular weight excluding hydrogens is 268 g/mol. The Morgan fingerprint density at radius 1 is 1.33 bits per heavy atom. The predicted molar refractivity (Wildman–Crippen MR) is 76.0 cm³/mol. The molecule has 1 heterocycles. The average molecular weight is 286 g/mol. The lowest BCUT2D eigenvalue weighted by Gasteiger charge is -2.10. The summed E-state index contributed by atoms with van der Waals surface area (Å²) in [4.78, 5) is 15.6. The lowest BCUT2D eigenvalue weighted by atomic mass is 9.96. The number of carboxylic acids is 1. The Morgan fingerprint density at radius 3 is 2.81 bits per heavy atom. The average Bonchev–Trinajstić information content (AvgIpc) is 3.09. The van der Waals surface area contributed by atoms with E-state index in [-0.39, 0.29) is 5.92 Å². The molecule has 110 valence electrons. The van der Waals surface area contributed by atoms with Gasteiger partial charge in [-0.05, 0) is 25.3 Å². The molecule has 1 aliphatic rings. The first-order chi connectivity index (χ1) is 10.1. The first-order valence-electron chi connectivity index (χ1n) is 7.24. The van der Waals surface area contributed by atoms with Crippen molar-refractivity contribution in [3.63, 3.8) is 0 Å². The highest BCUT2D eigenvalue weighted by Crippen LogP contribution is 2.39. The first kappa shape index (κ1) is 13.8. The van der Waals surface area contributed by atoms with Crippen LogP contribution in [0.4, 0.5) is 0 Å². The fourth-order valence-electron chi connectivity index (χ4n) is 2.93. The van der Waals surface area contributed by atoms with Gasteiger partial charge < -0.3 is 9.63 Å². The van der Waals surface area contributed by atoms with Crippen molar-refractivity contribution in [3.05, 3.63) is 47.1 Å². The zero-order valence-electron chi connectivity index (χ0n) is 12.0. The van der Waals surface area contributed by atoms with Crippen molar-refractivity contribution in [2.75, 3.05) is 0 Å². The highest BCUT2D eigenvalue weighted by molar-refractivity contribution is 5.71. The fraction of sp³-hybridized carbons (Fsp3) is 0.438. The maximum absolute atomic E-state index is 11.2. The molecule has 21 heavy (non-hydrogen) atoms. The molecule has 1 aromatic heterocycles. The highest BCUT2D eigenvalue weighted by Gasteiger charge is 2.37. The van der Waals surface area contributed by atoms with Crippen LogP contribution < -0.4 is 0 Å². The van der Waals surface area contributed by atoms with Crippen LogP contribution in [0.1, 0.15) is 48.0 Å². The lowest BCUT2D eigenvalue weighted by Crippen LogP contribution is -2.17. The van der Waals surface area contributed by atoms with Gasteiger partial charge in [-0.15, -0.1) is 0 Å². The third-order valence-electron chi connectivity index (χ3n) is 4.12. The van der Waals surface area contributed by atoms with E-state index in [0.717, 1.165) is 18.4 Å². The largest absolute Gasteiger partial charge is 0.481 e. The van der Waals surface area contributed by atoms with Crippen molar-refractivity contribution >= 4 is 5.97 Å². The standard InChI is InChI=1S/C16H18N2O3/c1-10-5-7-11(8-6-10)9-14-17-15(21-18-14)12-3-2-4-13(12)16(19)20/h5-8,12-13H,2-4,9H2,1H3,(H,19,20). The third-order valence-corrected chi connectivity index (χ3v) is 4.12. The maximum atomic E-state index is 11.2. The van der Waals surface area contributed by atoms with E-state index < -0.39 is 11.9 Å². The van der Waals surface area contributed by atoms with Gasteiger partial charge in [0.25, 0.3) is 0 Å². The van der Waals surface area contributed by atoms with Gasteiger partial charge in [-0.3, -0.25) is 4.79 Å². The minimum atomic E-state index is -0.768. The summed E-state index contributed by atoms with van der Waals surface area (Å²) >= 11 is 0. The second-order valence-electron chi connectivity index (χ2n) is 5.69. The van der Waals surface area contributed by atoms with Gasteiger partial charge in [-0.1, -0.05) is 41.4 Å². The molecule has 1 fully saturated rings. The Morgan fingerprint density at radius 2 is 2.10 bits per heavy atom. The van der Waals surface area contributed by atoms with Crippen LogP contribution in [-0.4, -0.2) is 21.2 Å². The summed E-state index contributed by atoms with van der Waals surface area (Å²) in [6, 6.07) is 8.18. The summed E-state index contributed by atoms with van der Waals surface area (Å²) in [7, 11) is 0. The van der Waals surface area contributed by atoms with Crippen molar-refractivity contribution in [2.24, 2.45) is 5.92 Å². The maximum Gasteiger partial charge on any atom is 0.307 e. The van der Waals surface area contributed by atoms with Crippen LogP contribution in [0.25, 0.3) is 0 Å². The SMILES string of the molecule is Cc1ccc(Cc2noc(C3CCCC3C(=O)O)n2)cc1. The molecule has 0 bridgehead atoms. The topological polar surface area (TPSA) is 76.2 Å². The normalized spacial score (nSPS) is 21.6. The fourth-order valence-corrected chi connectivity index (χ4v) is 2.93. The molecule has 3 rings (SSSR count). The van der Waals surface area contributed by atoms with Crippen molar-refractivity contribution in [1.29, 1.82) is 0 Å². The molecule has 1 saturated carbocycles. The van der Waals surface area contributed by atoms with Gasteiger partial charge in [0.15, 0.2) is 5.82 Å². The van der Waals surface area contributed by atoms with Gasteiger partial charge in [0.05, 0.1) is 11.8 Å². The van der Waals surface area contributed by atoms with Crippen molar-refractivity contribution in [2.45, 2.75) is 38.5 Å². The molecule has 0 amide bonds. The molecule has 0 radical (unpaired) electrons. The molecule has 1 N–H and O–H groups in total. The van der Waals surface area contributed by atoms with Gasteiger partial charge in [-0.2, -0.15) is 4.98 Å². The zero-order valence-corrected chi connectivity index (χ0v) is 12.0. The van der Waals surface area contributed by atoms with Crippen molar-refractivity contribution in [1.82, 2.24) is 10.1 Å². The molecule has 1 aliphatic carbocycles. The second kappa shape index (κ2) is 5.68. The van der Waals surface area contributed by atoms with Crippen LogP contribution in [0.3, 0.4) is 0 Å². The van der Waals surface area contributed by atoms with E-state index in [2.05, 4.69) is 10.1 Å². The first-order valence-corrected chi connectivity index (χ1v) is 7.24. The zero-order chi connectivity index (χ0) is 14.8. The van der Waals surface area contributed by atoms with E-state index in [1.807, 2.05) is 31.2 Å². The monoisotopic (exact) mass is 286 g/mol. The van der Waals surface area contributed by atoms with Gasteiger partial charge in [0.2, 0.25) is 5.89 Å². The number of rotatable bonds is 4. The Labute approximate surface area is 123 Å². The number of hydrogen-bond acceptors (Lipinski definition) is 4. The summed E-state index contributed by atoms with van der Waals surface area (Å²) < 4.78 is 5.30. The molecule has 0 spiro atoms. The van der Waals surface area contributed by atoms with Crippen molar-refractivity contribution in [3.8, 4) is 0 Å². The van der Waals surface area contributed by atoms with E-state index in [1.54, 1.807) is 0 Å². The summed E-state index contributed by atoms with van der Waals surface area (Å²) in [6.07, 6.45) is 3.00. The number of aryl methyl sites for hydroxylation is 1. The van der Waals surface area contributed by atoms with Crippen LogP contribution in [0, 0.1) is 12.8 Å². The molecule has 2 aromatic rings. The third kappa shape index (κ3) is 2.96. The summed E-state index contributed by atoms with van der Waals surface area (Å²) in [6.45, 7) is 2.04. The van der Waals surface area contributed by atoms with E-state index in [0.29, 0.717) is 24.6 Å². The van der Waals surface area contributed by atoms with Crippen LogP contribution in [0.2, 0.25) is 0 Å². The predicted octanol–water partition coefficient (Wildman–Crippen LogP) is 2.94. The molecular formula is C16H18N2O3. The smallest absolute Gasteiger partial charge is 0.307 e. The number of carboxylic acid groups (broad SMARTS) is 1. The van der Waals surface area contributed by atoms with E-state index in [4.69, 9.17) is 4.52 Å². The lowest BCUT2D eigenvalue weighted by molar-refractivity contribution is -0.142. The summed E-state index contributed by atoms with van der Waals surface area (Å²) in [5.74, 6) is -0.206. The molecule has 0 saturated heterocycles. The van der Waals surface area contributed by atoms with E-state index >= 15 is 0 Å². The molecule has 2 atom stereocenters. The molecule has 5 heteroatoms. The van der Waals surface area contributed by atoms with Crippen LogP contribution in [0.5, 0.6) is 0 Å². The van der Waals surface area contributed by atoms with E-state index in [1.165, 1.54) is 5.56 Å². The summed E-state index contributed by atoms with van der Waals surface area (Å²) in [5, 5.41) is 13.2. The van der Waals surface area contributed by atoms with Crippen LogP contribution in [-0.2, 0) is 11.2 Å². The number of aromatic nitrogens is 2. The molecule has 0 aliphatic heterocycles. The van der Waals surface area contributed by atoms with Crippen LogP contribution >= 0.6 is 0 Å². The second-order valence-corrected chi connectivity index (χ2v) is 5.69.